The van der Waals surface area contributed by atoms with Crippen molar-refractivity contribution in [3.63, 3.8) is 0 Å². The zero-order chi connectivity index (χ0) is 14.7. The number of carbonyl (C=O) groups is 1. The van der Waals surface area contributed by atoms with Crippen molar-refractivity contribution >= 4 is 21.7 Å². The molecule has 0 saturated carbocycles. The van der Waals surface area contributed by atoms with Gasteiger partial charge in [0.1, 0.15) is 0 Å². The van der Waals surface area contributed by atoms with E-state index in [0.29, 0.717) is 11.3 Å². The predicted octanol–water partition coefficient (Wildman–Crippen LogP) is 1.20. The molecular formula is C12H19N3O3S. The normalized spacial score (nSPS) is 11.9. The monoisotopic (exact) mass is 285 g/mol. The van der Waals surface area contributed by atoms with Crippen molar-refractivity contribution < 1.29 is 13.2 Å². The van der Waals surface area contributed by atoms with Crippen LogP contribution < -0.4 is 15.8 Å². The number of rotatable bonds is 3. The molecule has 0 aromatic heterocycles. The molecule has 0 aliphatic carbocycles. The molecule has 0 aliphatic rings. The van der Waals surface area contributed by atoms with Crippen LogP contribution in [-0.2, 0) is 15.8 Å². The summed E-state index contributed by atoms with van der Waals surface area (Å²) in [6, 6.07) is 5.78. The van der Waals surface area contributed by atoms with Crippen LogP contribution in [0.2, 0.25) is 0 Å². The quantitative estimate of drug-likeness (QED) is 0.726. The van der Waals surface area contributed by atoms with Crippen LogP contribution in [0, 0.1) is 0 Å². The van der Waals surface area contributed by atoms with Crippen LogP contribution in [0.3, 0.4) is 0 Å². The number of carbonyl (C=O) groups excluding carboxylic acids is 1. The summed E-state index contributed by atoms with van der Waals surface area (Å²) < 4.78 is 25.6. The van der Waals surface area contributed by atoms with Crippen molar-refractivity contribution in [3.05, 3.63) is 29.8 Å². The maximum absolute atomic E-state index is 11.8. The first-order valence-electron chi connectivity index (χ1n) is 5.74. The van der Waals surface area contributed by atoms with E-state index < -0.39 is 21.6 Å². The third-order valence-corrected chi connectivity index (χ3v) is 3.25. The summed E-state index contributed by atoms with van der Waals surface area (Å²) in [5.74, 6) is -0.296. The van der Waals surface area contributed by atoms with Gasteiger partial charge in [0.2, 0.25) is 10.0 Å². The van der Waals surface area contributed by atoms with Crippen LogP contribution in [0.5, 0.6) is 0 Å². The van der Waals surface area contributed by atoms with E-state index in [4.69, 9.17) is 5.73 Å². The van der Waals surface area contributed by atoms with Crippen LogP contribution in [0.1, 0.15) is 26.3 Å². The van der Waals surface area contributed by atoms with E-state index in [0.717, 1.165) is 0 Å². The average molecular weight is 285 g/mol. The second-order valence-corrected chi connectivity index (χ2v) is 7.03. The van der Waals surface area contributed by atoms with Gasteiger partial charge in [0.15, 0.2) is 0 Å². The number of sulfonamides is 1. The number of amides is 2. The number of hydrogen-bond donors (Lipinski definition) is 3. The molecule has 1 aromatic rings. The van der Waals surface area contributed by atoms with Crippen molar-refractivity contribution in [3.8, 4) is 0 Å². The molecule has 1 rings (SSSR count). The molecule has 2 amide bonds. The van der Waals surface area contributed by atoms with Crippen molar-refractivity contribution in [2.24, 2.45) is 0 Å². The van der Waals surface area contributed by atoms with Gasteiger partial charge in [-0.3, -0.25) is 0 Å². The number of hydrogen-bond acceptors (Lipinski definition) is 4. The van der Waals surface area contributed by atoms with Gasteiger partial charge in [0, 0.05) is 11.2 Å². The van der Waals surface area contributed by atoms with E-state index in [9.17, 15) is 13.2 Å². The summed E-state index contributed by atoms with van der Waals surface area (Å²) in [5, 5.41) is 2.52. The molecule has 4 N–H and O–H groups in total. The Labute approximate surface area is 113 Å². The molecule has 0 saturated heterocycles. The minimum absolute atomic E-state index is 0.296. The fourth-order valence-corrected chi connectivity index (χ4v) is 2.47. The van der Waals surface area contributed by atoms with Crippen LogP contribution in [0.4, 0.5) is 10.5 Å². The maximum atomic E-state index is 11.8. The summed E-state index contributed by atoms with van der Waals surface area (Å²) in [4.78, 5) is 11.5. The van der Waals surface area contributed by atoms with Crippen molar-refractivity contribution in [2.75, 3.05) is 5.73 Å². The molecule has 7 heteroatoms. The summed E-state index contributed by atoms with van der Waals surface area (Å²) in [5.41, 5.74) is 6.07. The Balaban J connectivity index is 2.70. The number of nitrogens with one attached hydrogen (secondary N) is 2. The SMILES string of the molecule is CC(C)(C)NC(=O)NS(=O)(=O)Cc1cccc(N)c1. The minimum atomic E-state index is -3.74. The smallest absolute Gasteiger partial charge is 0.328 e. The lowest BCUT2D eigenvalue weighted by Gasteiger charge is -2.20. The van der Waals surface area contributed by atoms with E-state index in [1.54, 1.807) is 45.0 Å². The Morgan fingerprint density at radius 3 is 2.47 bits per heavy atom. The number of nitrogen functional groups attached to an aromatic ring is 1. The highest BCUT2D eigenvalue weighted by atomic mass is 32.2. The molecule has 106 valence electrons. The van der Waals surface area contributed by atoms with E-state index >= 15 is 0 Å². The average Bonchev–Trinajstić information content (AvgIpc) is 2.11. The number of urea groups is 1. The molecule has 1 aromatic carbocycles. The first-order chi connectivity index (χ1) is 8.57. The number of benzene rings is 1. The molecule has 0 bridgehead atoms. The first kappa shape index (κ1) is 15.3. The predicted molar refractivity (Wildman–Crippen MR) is 74.9 cm³/mol. The fourth-order valence-electron chi connectivity index (χ4n) is 1.45. The van der Waals surface area contributed by atoms with Gasteiger partial charge in [-0.1, -0.05) is 12.1 Å². The molecule has 6 nitrogen and oxygen atoms in total. The summed E-state index contributed by atoms with van der Waals surface area (Å²) in [6.45, 7) is 5.28. The van der Waals surface area contributed by atoms with Crippen LogP contribution >= 0.6 is 0 Å². The van der Waals surface area contributed by atoms with Gasteiger partial charge < -0.3 is 11.1 Å². The van der Waals surface area contributed by atoms with E-state index in [1.165, 1.54) is 0 Å². The van der Waals surface area contributed by atoms with Gasteiger partial charge >= 0.3 is 6.03 Å². The standard InChI is InChI=1S/C12H19N3O3S/c1-12(2,3)14-11(16)15-19(17,18)8-9-5-4-6-10(13)7-9/h4-7H,8,13H2,1-3H3,(H2,14,15,16). The van der Waals surface area contributed by atoms with Crippen molar-refractivity contribution in [2.45, 2.75) is 32.1 Å². The van der Waals surface area contributed by atoms with E-state index in [1.807, 2.05) is 4.72 Å². The van der Waals surface area contributed by atoms with Crippen LogP contribution in [-0.4, -0.2) is 20.0 Å². The summed E-state index contributed by atoms with van der Waals surface area (Å²) >= 11 is 0. The molecule has 0 aliphatic heterocycles. The fraction of sp³-hybridized carbons (Fsp3) is 0.417. The van der Waals surface area contributed by atoms with Gasteiger partial charge in [0.25, 0.3) is 0 Å². The molecular weight excluding hydrogens is 266 g/mol. The third-order valence-electron chi connectivity index (χ3n) is 2.04. The Morgan fingerprint density at radius 2 is 1.95 bits per heavy atom. The zero-order valence-corrected chi connectivity index (χ0v) is 12.0. The lowest BCUT2D eigenvalue weighted by Crippen LogP contribution is -2.48. The van der Waals surface area contributed by atoms with Gasteiger partial charge in [-0.2, -0.15) is 0 Å². The minimum Gasteiger partial charge on any atom is -0.399 e. The Bertz CT molecular complexity index is 562. The van der Waals surface area contributed by atoms with Crippen molar-refractivity contribution in [1.82, 2.24) is 10.0 Å². The zero-order valence-electron chi connectivity index (χ0n) is 11.2. The molecule has 0 fully saturated rings. The van der Waals surface area contributed by atoms with Gasteiger partial charge in [0.05, 0.1) is 5.75 Å². The van der Waals surface area contributed by atoms with E-state index in [-0.39, 0.29) is 5.75 Å². The number of nitrogens with two attached hydrogens (primary N) is 1. The van der Waals surface area contributed by atoms with Gasteiger partial charge in [-0.25, -0.2) is 17.9 Å². The lowest BCUT2D eigenvalue weighted by atomic mass is 10.1. The van der Waals surface area contributed by atoms with Gasteiger partial charge in [-0.05, 0) is 38.5 Å². The second kappa shape index (κ2) is 5.48. The maximum Gasteiger partial charge on any atom is 0.328 e. The molecule has 0 atom stereocenters. The highest BCUT2D eigenvalue weighted by molar-refractivity contribution is 7.89. The Kier molecular flexibility index (Phi) is 4.41. The summed E-state index contributed by atoms with van der Waals surface area (Å²) in [7, 11) is -3.74. The van der Waals surface area contributed by atoms with E-state index in [2.05, 4.69) is 5.32 Å². The van der Waals surface area contributed by atoms with Crippen LogP contribution in [0.15, 0.2) is 24.3 Å². The highest BCUT2D eigenvalue weighted by Crippen LogP contribution is 2.09. The molecule has 19 heavy (non-hydrogen) atoms. The first-order valence-corrected chi connectivity index (χ1v) is 7.40. The Morgan fingerprint density at radius 1 is 1.32 bits per heavy atom. The second-order valence-electron chi connectivity index (χ2n) is 5.31. The molecule has 0 unspecified atom stereocenters. The van der Waals surface area contributed by atoms with Crippen LogP contribution in [0.25, 0.3) is 0 Å². The van der Waals surface area contributed by atoms with Crippen molar-refractivity contribution in [1.29, 1.82) is 0 Å². The lowest BCUT2D eigenvalue weighted by molar-refractivity contribution is 0.237. The Hall–Kier alpha value is -1.76. The van der Waals surface area contributed by atoms with Gasteiger partial charge in [-0.15, -0.1) is 0 Å². The summed E-state index contributed by atoms with van der Waals surface area (Å²) in [6.07, 6.45) is 0. The topological polar surface area (TPSA) is 101 Å². The highest BCUT2D eigenvalue weighted by Gasteiger charge is 2.19. The molecule has 0 spiro atoms. The molecule has 0 heterocycles. The largest absolute Gasteiger partial charge is 0.399 e. The number of anilines is 1. The molecule has 0 radical (unpaired) electrons. The third kappa shape index (κ3) is 6.10.